The van der Waals surface area contributed by atoms with Crippen LogP contribution in [0.2, 0.25) is 0 Å². The van der Waals surface area contributed by atoms with Gasteiger partial charge in [0.05, 0.1) is 4.92 Å². The van der Waals surface area contributed by atoms with E-state index in [1.165, 1.54) is 12.1 Å². The van der Waals surface area contributed by atoms with Crippen LogP contribution in [-0.2, 0) is 6.42 Å². The number of carbonyl (C=O) groups excluding carboxylic acids is 1. The second-order valence-corrected chi connectivity index (χ2v) is 5.43. The van der Waals surface area contributed by atoms with Crippen LogP contribution < -0.4 is 0 Å². The monoisotopic (exact) mass is 289 g/mol. The van der Waals surface area contributed by atoms with Crippen molar-refractivity contribution < 1.29 is 9.72 Å². The van der Waals surface area contributed by atoms with Crippen molar-refractivity contribution in [2.75, 3.05) is 0 Å². The Labute approximate surface area is 126 Å². The quantitative estimate of drug-likeness (QED) is 0.394. The fourth-order valence-electron chi connectivity index (χ4n) is 3.12. The van der Waals surface area contributed by atoms with Crippen molar-refractivity contribution in [1.29, 1.82) is 0 Å². The zero-order valence-corrected chi connectivity index (χ0v) is 11.6. The van der Waals surface area contributed by atoms with E-state index in [4.69, 9.17) is 0 Å². The minimum absolute atomic E-state index is 0.00700. The van der Waals surface area contributed by atoms with Crippen LogP contribution in [0.4, 0.5) is 5.69 Å². The molecule has 22 heavy (non-hydrogen) atoms. The van der Waals surface area contributed by atoms with Gasteiger partial charge in [-0.1, -0.05) is 36.4 Å². The number of fused-ring (bicyclic) bond motifs is 4. The Balaban J connectivity index is 2.03. The van der Waals surface area contributed by atoms with E-state index in [2.05, 4.69) is 0 Å². The molecule has 4 heteroatoms. The Morgan fingerprint density at radius 1 is 0.955 bits per heavy atom. The Bertz CT molecular complexity index is 960. The third kappa shape index (κ3) is 1.74. The fourth-order valence-corrected chi connectivity index (χ4v) is 3.12. The number of hydrogen-bond donors (Lipinski definition) is 0. The number of hydrogen-bond acceptors (Lipinski definition) is 3. The lowest BCUT2D eigenvalue weighted by Gasteiger charge is -2.20. The molecule has 0 atom stereocenters. The molecule has 3 aromatic rings. The predicted molar refractivity (Wildman–Crippen MR) is 83.3 cm³/mol. The minimum atomic E-state index is -0.430. The summed E-state index contributed by atoms with van der Waals surface area (Å²) in [5, 5.41) is 12.5. The number of rotatable bonds is 1. The molecule has 0 unspecified atom stereocenters. The number of carbonyl (C=O) groups is 1. The van der Waals surface area contributed by atoms with Crippen LogP contribution in [0.25, 0.3) is 10.8 Å². The van der Waals surface area contributed by atoms with Crippen molar-refractivity contribution in [2.45, 2.75) is 6.42 Å². The Morgan fingerprint density at radius 3 is 2.55 bits per heavy atom. The molecule has 0 N–H and O–H groups in total. The third-order valence-corrected chi connectivity index (χ3v) is 4.17. The van der Waals surface area contributed by atoms with E-state index >= 15 is 0 Å². The maximum atomic E-state index is 12.8. The summed E-state index contributed by atoms with van der Waals surface area (Å²) < 4.78 is 0. The van der Waals surface area contributed by atoms with E-state index in [1.54, 1.807) is 6.07 Å². The first-order chi connectivity index (χ1) is 10.6. The van der Waals surface area contributed by atoms with Gasteiger partial charge in [-0.05, 0) is 34.4 Å². The van der Waals surface area contributed by atoms with E-state index in [1.807, 2.05) is 36.4 Å². The van der Waals surface area contributed by atoms with Crippen molar-refractivity contribution in [3.05, 3.63) is 87.0 Å². The van der Waals surface area contributed by atoms with Crippen molar-refractivity contribution >= 4 is 22.2 Å². The lowest BCUT2D eigenvalue weighted by atomic mass is 9.82. The molecular formula is C18H11NO3. The van der Waals surface area contributed by atoms with Gasteiger partial charge in [0.2, 0.25) is 0 Å². The molecule has 1 aliphatic rings. The molecule has 0 spiro atoms. The molecule has 0 bridgehead atoms. The van der Waals surface area contributed by atoms with Crippen LogP contribution in [0.15, 0.2) is 54.6 Å². The standard InChI is InChI=1S/C18H11NO3/c20-18-15-4-2-1-3-12(15)9-13-6-5-11-7-8-14(19(21)22)10-16(11)17(13)18/h1-8,10H,9H2. The summed E-state index contributed by atoms with van der Waals surface area (Å²) in [5.41, 5.74) is 3.22. The molecule has 106 valence electrons. The van der Waals surface area contributed by atoms with Crippen LogP contribution in [0, 0.1) is 10.1 Å². The van der Waals surface area contributed by atoms with Crippen molar-refractivity contribution in [3.63, 3.8) is 0 Å². The number of benzene rings is 3. The zero-order valence-electron chi connectivity index (χ0n) is 11.6. The maximum absolute atomic E-state index is 12.8. The van der Waals surface area contributed by atoms with Gasteiger partial charge in [0.1, 0.15) is 0 Å². The van der Waals surface area contributed by atoms with Crippen LogP contribution in [0.3, 0.4) is 0 Å². The largest absolute Gasteiger partial charge is 0.289 e. The Hall–Kier alpha value is -3.01. The predicted octanol–water partition coefficient (Wildman–Crippen LogP) is 3.88. The Morgan fingerprint density at radius 2 is 1.73 bits per heavy atom. The number of nitro benzene ring substituents is 1. The topological polar surface area (TPSA) is 60.2 Å². The molecule has 0 fully saturated rings. The van der Waals surface area contributed by atoms with Crippen LogP contribution >= 0.6 is 0 Å². The van der Waals surface area contributed by atoms with Gasteiger partial charge in [0.15, 0.2) is 5.78 Å². The third-order valence-electron chi connectivity index (χ3n) is 4.17. The molecule has 0 aliphatic heterocycles. The average molecular weight is 289 g/mol. The molecular weight excluding hydrogens is 278 g/mol. The van der Waals surface area contributed by atoms with Gasteiger partial charge in [-0.25, -0.2) is 0 Å². The van der Waals surface area contributed by atoms with Gasteiger partial charge >= 0.3 is 0 Å². The normalized spacial score (nSPS) is 12.8. The molecule has 0 saturated carbocycles. The first-order valence-corrected chi connectivity index (χ1v) is 6.98. The zero-order chi connectivity index (χ0) is 15.3. The molecule has 4 rings (SSSR count). The molecule has 0 radical (unpaired) electrons. The minimum Gasteiger partial charge on any atom is -0.289 e. The number of nitrogens with zero attached hydrogens (tertiary/aromatic N) is 1. The first-order valence-electron chi connectivity index (χ1n) is 6.98. The van der Waals surface area contributed by atoms with Crippen LogP contribution in [0.5, 0.6) is 0 Å². The molecule has 3 aromatic carbocycles. The van der Waals surface area contributed by atoms with Gasteiger partial charge < -0.3 is 0 Å². The lowest BCUT2D eigenvalue weighted by Crippen LogP contribution is -2.15. The highest BCUT2D eigenvalue weighted by molar-refractivity contribution is 6.19. The number of nitro groups is 1. The summed E-state index contributed by atoms with van der Waals surface area (Å²) in [6.07, 6.45) is 0.676. The lowest BCUT2D eigenvalue weighted by molar-refractivity contribution is -0.384. The Kier molecular flexibility index (Phi) is 2.60. The van der Waals surface area contributed by atoms with Gasteiger partial charge in [-0.15, -0.1) is 0 Å². The van der Waals surface area contributed by atoms with Crippen molar-refractivity contribution in [3.8, 4) is 0 Å². The SMILES string of the molecule is O=C1c2ccccc2Cc2ccc3ccc([N+](=O)[O-])cc3c21. The maximum Gasteiger partial charge on any atom is 0.270 e. The van der Waals surface area contributed by atoms with Gasteiger partial charge in [0, 0.05) is 23.3 Å². The molecule has 0 heterocycles. The van der Waals surface area contributed by atoms with E-state index in [9.17, 15) is 14.9 Å². The summed E-state index contributed by atoms with van der Waals surface area (Å²) in [6.45, 7) is 0. The summed E-state index contributed by atoms with van der Waals surface area (Å²) in [5.74, 6) is -0.0528. The van der Waals surface area contributed by atoms with Gasteiger partial charge in [-0.3, -0.25) is 14.9 Å². The van der Waals surface area contributed by atoms with E-state index in [0.717, 1.165) is 16.5 Å². The second kappa shape index (κ2) is 4.49. The number of non-ortho nitro benzene ring substituents is 1. The fraction of sp³-hybridized carbons (Fsp3) is 0.0556. The first kappa shape index (κ1) is 12.7. The molecule has 0 aromatic heterocycles. The number of ketones is 1. The molecule has 0 amide bonds. The van der Waals surface area contributed by atoms with Crippen LogP contribution in [-0.4, -0.2) is 10.7 Å². The van der Waals surface area contributed by atoms with E-state index < -0.39 is 4.92 Å². The summed E-state index contributed by atoms with van der Waals surface area (Å²) in [7, 11) is 0. The molecule has 0 saturated heterocycles. The van der Waals surface area contributed by atoms with E-state index in [0.29, 0.717) is 22.9 Å². The van der Waals surface area contributed by atoms with Gasteiger partial charge in [0.25, 0.3) is 5.69 Å². The molecule has 4 nitrogen and oxygen atoms in total. The van der Waals surface area contributed by atoms with Crippen LogP contribution in [0.1, 0.15) is 27.0 Å². The summed E-state index contributed by atoms with van der Waals surface area (Å²) in [4.78, 5) is 23.4. The van der Waals surface area contributed by atoms with E-state index in [-0.39, 0.29) is 11.5 Å². The molecule has 1 aliphatic carbocycles. The van der Waals surface area contributed by atoms with Gasteiger partial charge in [-0.2, -0.15) is 0 Å². The average Bonchev–Trinajstić information content (AvgIpc) is 2.54. The second-order valence-electron chi connectivity index (χ2n) is 5.43. The highest BCUT2D eigenvalue weighted by atomic mass is 16.6. The van der Waals surface area contributed by atoms with Crippen molar-refractivity contribution in [1.82, 2.24) is 0 Å². The highest BCUT2D eigenvalue weighted by Gasteiger charge is 2.25. The summed E-state index contributed by atoms with van der Waals surface area (Å²) in [6, 6.07) is 16.1. The van der Waals surface area contributed by atoms with Crippen molar-refractivity contribution in [2.24, 2.45) is 0 Å². The smallest absolute Gasteiger partial charge is 0.270 e. The summed E-state index contributed by atoms with van der Waals surface area (Å²) >= 11 is 0. The highest BCUT2D eigenvalue weighted by Crippen LogP contribution is 2.33.